The maximum absolute atomic E-state index is 12.6. The van der Waals surface area contributed by atoms with Crippen molar-refractivity contribution < 1.29 is 13.2 Å². The Labute approximate surface area is 122 Å². The zero-order chi connectivity index (χ0) is 14.4. The van der Waals surface area contributed by atoms with Crippen LogP contribution < -0.4 is 0 Å². The van der Waals surface area contributed by atoms with Gasteiger partial charge in [-0.05, 0) is 34.5 Å². The molecule has 5 nitrogen and oxygen atoms in total. The lowest BCUT2D eigenvalue weighted by Gasteiger charge is -2.21. The first-order chi connectivity index (χ1) is 9.64. The molecule has 0 radical (unpaired) electrons. The molecule has 108 valence electrons. The summed E-state index contributed by atoms with van der Waals surface area (Å²) < 4.78 is 31.6. The number of hydrogen-bond acceptors (Lipinski definition) is 5. The summed E-state index contributed by atoms with van der Waals surface area (Å²) in [6.45, 7) is 0.997. The molecule has 0 N–H and O–H groups in total. The number of pyridine rings is 1. The largest absolute Gasteiger partial charge is 0.383 e. The van der Waals surface area contributed by atoms with Crippen LogP contribution in [0.1, 0.15) is 5.56 Å². The predicted octanol–water partition coefficient (Wildman–Crippen LogP) is 1.98. The molecule has 0 aliphatic heterocycles. The Kier molecular flexibility index (Phi) is 5.24. The zero-order valence-electron chi connectivity index (χ0n) is 11.1. The maximum Gasteiger partial charge on any atom is 0.244 e. The van der Waals surface area contributed by atoms with Crippen LogP contribution in [-0.4, -0.2) is 38.0 Å². The van der Waals surface area contributed by atoms with Gasteiger partial charge in [0.2, 0.25) is 10.0 Å². The topological polar surface area (TPSA) is 59.5 Å². The number of sulfonamides is 1. The highest BCUT2D eigenvalue weighted by Gasteiger charge is 2.24. The monoisotopic (exact) mass is 312 g/mol. The number of rotatable bonds is 7. The quantitative estimate of drug-likeness (QED) is 0.784. The van der Waals surface area contributed by atoms with Gasteiger partial charge in [-0.15, -0.1) is 0 Å². The predicted molar refractivity (Wildman–Crippen MR) is 78.0 cm³/mol. The molecule has 7 heteroatoms. The van der Waals surface area contributed by atoms with Gasteiger partial charge in [-0.25, -0.2) is 8.42 Å². The highest BCUT2D eigenvalue weighted by atomic mass is 32.2. The van der Waals surface area contributed by atoms with Gasteiger partial charge < -0.3 is 4.74 Å². The molecule has 0 amide bonds. The first kappa shape index (κ1) is 15.1. The Morgan fingerprint density at radius 3 is 2.85 bits per heavy atom. The minimum atomic E-state index is -3.55. The molecule has 2 aromatic heterocycles. The number of thiophene rings is 1. The minimum absolute atomic E-state index is 0.200. The van der Waals surface area contributed by atoms with Crippen molar-refractivity contribution in [1.82, 2.24) is 9.29 Å². The Balaban J connectivity index is 2.25. The van der Waals surface area contributed by atoms with Gasteiger partial charge in [0.1, 0.15) is 4.90 Å². The summed E-state index contributed by atoms with van der Waals surface area (Å²) in [4.78, 5) is 4.08. The normalized spacial score (nSPS) is 11.9. The van der Waals surface area contributed by atoms with E-state index in [4.69, 9.17) is 4.74 Å². The molecule has 2 heterocycles. The molecule has 2 aromatic rings. The first-order valence-corrected chi connectivity index (χ1v) is 8.43. The average Bonchev–Trinajstić information content (AvgIpc) is 2.97. The molecular formula is C13H16N2O3S2. The Bertz CT molecular complexity index is 612. The molecule has 0 fully saturated rings. The van der Waals surface area contributed by atoms with Gasteiger partial charge in [-0.2, -0.15) is 15.6 Å². The van der Waals surface area contributed by atoms with E-state index in [1.165, 1.54) is 10.5 Å². The fraction of sp³-hybridized carbons (Fsp3) is 0.308. The molecule has 0 aliphatic carbocycles. The van der Waals surface area contributed by atoms with E-state index in [1.807, 2.05) is 16.8 Å². The first-order valence-electron chi connectivity index (χ1n) is 6.05. The summed E-state index contributed by atoms with van der Waals surface area (Å²) in [5.74, 6) is 0. The lowest BCUT2D eigenvalue weighted by Crippen LogP contribution is -2.33. The molecule has 0 aliphatic rings. The van der Waals surface area contributed by atoms with Crippen molar-refractivity contribution in [2.45, 2.75) is 11.4 Å². The average molecular weight is 312 g/mol. The lowest BCUT2D eigenvalue weighted by molar-refractivity contribution is 0.177. The third kappa shape index (κ3) is 3.63. The Hall–Kier alpha value is -1.28. The van der Waals surface area contributed by atoms with Crippen LogP contribution in [0.5, 0.6) is 0 Å². The third-order valence-corrected chi connectivity index (χ3v) is 5.32. The second-order valence-corrected chi connectivity index (χ2v) is 6.87. The van der Waals surface area contributed by atoms with Crippen molar-refractivity contribution in [2.24, 2.45) is 0 Å². The zero-order valence-corrected chi connectivity index (χ0v) is 12.7. The van der Waals surface area contributed by atoms with Gasteiger partial charge in [0, 0.05) is 32.6 Å². The van der Waals surface area contributed by atoms with Crippen LogP contribution in [0.3, 0.4) is 0 Å². The second-order valence-electron chi connectivity index (χ2n) is 4.15. The summed E-state index contributed by atoms with van der Waals surface area (Å²) in [5, 5.41) is 3.87. The molecule has 20 heavy (non-hydrogen) atoms. The lowest BCUT2D eigenvalue weighted by atomic mass is 10.3. The molecular weight excluding hydrogens is 296 g/mol. The van der Waals surface area contributed by atoms with Crippen LogP contribution in [0.4, 0.5) is 0 Å². The van der Waals surface area contributed by atoms with E-state index in [2.05, 4.69) is 4.98 Å². The van der Waals surface area contributed by atoms with Gasteiger partial charge in [0.05, 0.1) is 6.61 Å². The molecule has 0 saturated heterocycles. The Morgan fingerprint density at radius 1 is 1.40 bits per heavy atom. The van der Waals surface area contributed by atoms with Crippen LogP contribution in [-0.2, 0) is 21.3 Å². The second kappa shape index (κ2) is 6.94. The number of ether oxygens (including phenoxy) is 1. The van der Waals surface area contributed by atoms with Crippen LogP contribution in [0.15, 0.2) is 46.2 Å². The third-order valence-electron chi connectivity index (χ3n) is 2.76. The van der Waals surface area contributed by atoms with Gasteiger partial charge in [-0.3, -0.25) is 4.98 Å². The van der Waals surface area contributed by atoms with E-state index in [1.54, 1.807) is 36.8 Å². The molecule has 0 unspecified atom stereocenters. The van der Waals surface area contributed by atoms with Crippen molar-refractivity contribution >= 4 is 21.4 Å². The van der Waals surface area contributed by atoms with Crippen LogP contribution in [0.2, 0.25) is 0 Å². The van der Waals surface area contributed by atoms with E-state index in [9.17, 15) is 8.42 Å². The van der Waals surface area contributed by atoms with Gasteiger partial charge in [-0.1, -0.05) is 0 Å². The van der Waals surface area contributed by atoms with Crippen LogP contribution in [0, 0.1) is 0 Å². The van der Waals surface area contributed by atoms with Crippen LogP contribution in [0.25, 0.3) is 0 Å². The molecule has 0 spiro atoms. The fourth-order valence-corrected chi connectivity index (χ4v) is 3.75. The summed E-state index contributed by atoms with van der Waals surface area (Å²) in [6.07, 6.45) is 2.92. The van der Waals surface area contributed by atoms with Crippen LogP contribution >= 0.6 is 11.3 Å². The van der Waals surface area contributed by atoms with Crippen molar-refractivity contribution in [3.05, 3.63) is 46.9 Å². The van der Waals surface area contributed by atoms with E-state index < -0.39 is 10.0 Å². The highest BCUT2D eigenvalue weighted by molar-refractivity contribution is 7.89. The van der Waals surface area contributed by atoms with E-state index in [-0.39, 0.29) is 4.90 Å². The minimum Gasteiger partial charge on any atom is -0.383 e. The smallest absolute Gasteiger partial charge is 0.244 e. The summed E-state index contributed by atoms with van der Waals surface area (Å²) in [6, 6.07) is 5.09. The molecule has 0 bridgehead atoms. The summed E-state index contributed by atoms with van der Waals surface area (Å²) >= 11 is 1.55. The standard InChI is InChI=1S/C13H16N2O3S2/c1-18-7-6-15(10-12-4-8-19-11-12)20(16,17)13-3-2-5-14-9-13/h2-5,8-9,11H,6-7,10H2,1H3. The number of aromatic nitrogens is 1. The van der Waals surface area contributed by atoms with Gasteiger partial charge in [0.15, 0.2) is 0 Å². The van der Waals surface area contributed by atoms with E-state index in [0.717, 1.165) is 5.56 Å². The van der Waals surface area contributed by atoms with Gasteiger partial charge in [0.25, 0.3) is 0 Å². The number of hydrogen-bond donors (Lipinski definition) is 0. The summed E-state index contributed by atoms with van der Waals surface area (Å²) in [7, 11) is -2.00. The highest BCUT2D eigenvalue weighted by Crippen LogP contribution is 2.18. The number of methoxy groups -OCH3 is 1. The van der Waals surface area contributed by atoms with Gasteiger partial charge >= 0.3 is 0 Å². The van der Waals surface area contributed by atoms with Crippen molar-refractivity contribution in [1.29, 1.82) is 0 Å². The molecule has 0 atom stereocenters. The Morgan fingerprint density at radius 2 is 2.25 bits per heavy atom. The SMILES string of the molecule is COCCN(Cc1ccsc1)S(=O)(=O)c1cccnc1. The van der Waals surface area contributed by atoms with E-state index >= 15 is 0 Å². The fourth-order valence-electron chi connectivity index (χ4n) is 1.71. The van der Waals surface area contributed by atoms with E-state index in [0.29, 0.717) is 19.7 Å². The van der Waals surface area contributed by atoms with Crippen molar-refractivity contribution in [3.63, 3.8) is 0 Å². The molecule has 0 aromatic carbocycles. The summed E-state index contributed by atoms with van der Waals surface area (Å²) in [5.41, 5.74) is 0.971. The molecule has 2 rings (SSSR count). The maximum atomic E-state index is 12.6. The number of nitrogens with zero attached hydrogens (tertiary/aromatic N) is 2. The van der Waals surface area contributed by atoms with Crippen molar-refractivity contribution in [2.75, 3.05) is 20.3 Å². The van der Waals surface area contributed by atoms with Crippen molar-refractivity contribution in [3.8, 4) is 0 Å². The molecule has 0 saturated carbocycles.